The number of unbranched alkanes of at least 4 members (excludes halogenated alkanes) is 6. The Morgan fingerprint density at radius 1 is 1.09 bits per heavy atom. The van der Waals surface area contributed by atoms with Crippen LogP contribution in [0.1, 0.15) is 71.1 Å². The van der Waals surface area contributed by atoms with E-state index in [2.05, 4.69) is 13.5 Å². The van der Waals surface area contributed by atoms with E-state index in [1.165, 1.54) is 44.9 Å². The van der Waals surface area contributed by atoms with Gasteiger partial charge in [-0.25, -0.2) is 0 Å². The van der Waals surface area contributed by atoms with E-state index in [0.717, 1.165) is 39.1 Å². The summed E-state index contributed by atoms with van der Waals surface area (Å²) in [5.41, 5.74) is -0.164. The summed E-state index contributed by atoms with van der Waals surface area (Å²) in [6.07, 6.45) is 14.8. The Morgan fingerprint density at radius 3 is 2.32 bits per heavy atom. The fraction of sp³-hybridized carbons (Fsp3) is 0.895. The maximum atomic E-state index is 5.77. The minimum Gasteiger partial charge on any atom is -0.379 e. The fourth-order valence-electron chi connectivity index (χ4n) is 2.85. The molecule has 0 saturated carbocycles. The standard InChI is InChI=1S/C19H36O3/c1-4-6-7-8-9-10-11-13-19(5-2,20-3)14-12-15-21-16-18-17-22-18/h5,18H,2,4,6-17H2,1,3H3/t18?,19-/m1/s1. The summed E-state index contributed by atoms with van der Waals surface area (Å²) in [7, 11) is 1.81. The van der Waals surface area contributed by atoms with Gasteiger partial charge in [0.1, 0.15) is 6.10 Å². The smallest absolute Gasteiger partial charge is 0.104 e. The Morgan fingerprint density at radius 2 is 1.73 bits per heavy atom. The number of ether oxygens (including phenoxy) is 3. The third-order valence-electron chi connectivity index (χ3n) is 4.58. The molecule has 130 valence electrons. The lowest BCUT2D eigenvalue weighted by Crippen LogP contribution is -2.29. The maximum absolute atomic E-state index is 5.77. The van der Waals surface area contributed by atoms with Crippen molar-refractivity contribution in [3.8, 4) is 0 Å². The van der Waals surface area contributed by atoms with Gasteiger partial charge in [-0.05, 0) is 19.3 Å². The molecule has 0 N–H and O–H groups in total. The van der Waals surface area contributed by atoms with Crippen LogP contribution in [0.5, 0.6) is 0 Å². The zero-order valence-corrected chi connectivity index (χ0v) is 14.8. The van der Waals surface area contributed by atoms with E-state index in [4.69, 9.17) is 14.2 Å². The second-order valence-corrected chi connectivity index (χ2v) is 6.48. The highest BCUT2D eigenvalue weighted by atomic mass is 16.6. The van der Waals surface area contributed by atoms with Crippen LogP contribution in [0.15, 0.2) is 12.7 Å². The number of hydrogen-bond donors (Lipinski definition) is 0. The van der Waals surface area contributed by atoms with E-state index >= 15 is 0 Å². The summed E-state index contributed by atoms with van der Waals surface area (Å²) in [6.45, 7) is 8.65. The molecule has 0 spiro atoms. The molecular weight excluding hydrogens is 276 g/mol. The molecule has 0 amide bonds. The van der Waals surface area contributed by atoms with Gasteiger partial charge in [-0.1, -0.05) is 57.9 Å². The van der Waals surface area contributed by atoms with Crippen molar-refractivity contribution in [1.82, 2.24) is 0 Å². The normalized spacial score (nSPS) is 19.8. The molecule has 1 fully saturated rings. The van der Waals surface area contributed by atoms with Crippen LogP contribution < -0.4 is 0 Å². The van der Waals surface area contributed by atoms with Crippen LogP contribution in [0.3, 0.4) is 0 Å². The molecule has 1 aliphatic rings. The molecule has 0 bridgehead atoms. The molecule has 0 aliphatic carbocycles. The van der Waals surface area contributed by atoms with Crippen molar-refractivity contribution < 1.29 is 14.2 Å². The summed E-state index contributed by atoms with van der Waals surface area (Å²) in [5, 5.41) is 0. The van der Waals surface area contributed by atoms with E-state index in [-0.39, 0.29) is 5.60 Å². The van der Waals surface area contributed by atoms with E-state index in [1.54, 1.807) is 0 Å². The van der Waals surface area contributed by atoms with Gasteiger partial charge in [0.25, 0.3) is 0 Å². The monoisotopic (exact) mass is 312 g/mol. The fourth-order valence-corrected chi connectivity index (χ4v) is 2.85. The van der Waals surface area contributed by atoms with Gasteiger partial charge >= 0.3 is 0 Å². The zero-order valence-electron chi connectivity index (χ0n) is 14.8. The van der Waals surface area contributed by atoms with Crippen LogP contribution in [0.25, 0.3) is 0 Å². The molecule has 3 heteroatoms. The van der Waals surface area contributed by atoms with Crippen molar-refractivity contribution in [2.24, 2.45) is 0 Å². The van der Waals surface area contributed by atoms with Gasteiger partial charge in [-0.15, -0.1) is 6.58 Å². The second kappa shape index (κ2) is 12.1. The van der Waals surface area contributed by atoms with Crippen LogP contribution in [-0.2, 0) is 14.2 Å². The molecule has 3 nitrogen and oxygen atoms in total. The van der Waals surface area contributed by atoms with Crippen molar-refractivity contribution >= 4 is 0 Å². The molecular formula is C19H36O3. The molecule has 2 atom stereocenters. The summed E-state index contributed by atoms with van der Waals surface area (Å²) >= 11 is 0. The number of methoxy groups -OCH3 is 1. The van der Waals surface area contributed by atoms with Crippen LogP contribution in [0.2, 0.25) is 0 Å². The molecule has 0 aromatic rings. The van der Waals surface area contributed by atoms with E-state index < -0.39 is 0 Å². The predicted molar refractivity (Wildman–Crippen MR) is 92.3 cm³/mol. The minimum absolute atomic E-state index is 0.164. The molecule has 0 radical (unpaired) electrons. The van der Waals surface area contributed by atoms with Gasteiger partial charge in [0.2, 0.25) is 0 Å². The van der Waals surface area contributed by atoms with Crippen LogP contribution in [0, 0.1) is 0 Å². The molecule has 0 aromatic heterocycles. The Bertz CT molecular complexity index is 276. The summed E-state index contributed by atoms with van der Waals surface area (Å²) in [5.74, 6) is 0. The molecule has 1 unspecified atom stereocenters. The highest BCUT2D eigenvalue weighted by Crippen LogP contribution is 2.26. The first-order chi connectivity index (χ1) is 10.8. The first-order valence-electron chi connectivity index (χ1n) is 9.14. The van der Waals surface area contributed by atoms with E-state index in [9.17, 15) is 0 Å². The topological polar surface area (TPSA) is 31.0 Å². The minimum atomic E-state index is -0.164. The third kappa shape index (κ3) is 8.92. The van der Waals surface area contributed by atoms with Gasteiger partial charge in [0.05, 0.1) is 18.8 Å². The Hall–Kier alpha value is -0.380. The molecule has 1 heterocycles. The lowest BCUT2D eigenvalue weighted by molar-refractivity contribution is 0.00612. The SMILES string of the molecule is C=C[C@@](CCCCCCCCC)(CCCOCC1CO1)OC. The molecule has 1 aliphatic heterocycles. The molecule has 1 rings (SSSR count). The van der Waals surface area contributed by atoms with Gasteiger partial charge in [0, 0.05) is 13.7 Å². The Balaban J connectivity index is 2.07. The number of hydrogen-bond acceptors (Lipinski definition) is 3. The van der Waals surface area contributed by atoms with E-state index in [0.29, 0.717) is 6.10 Å². The summed E-state index contributed by atoms with van der Waals surface area (Å²) in [6, 6.07) is 0. The molecule has 0 aromatic carbocycles. The van der Waals surface area contributed by atoms with Gasteiger partial charge < -0.3 is 14.2 Å². The Kier molecular flexibility index (Phi) is 10.8. The van der Waals surface area contributed by atoms with Crippen molar-refractivity contribution in [3.05, 3.63) is 12.7 Å². The quantitative estimate of drug-likeness (QED) is 0.231. The highest BCUT2D eigenvalue weighted by Gasteiger charge is 2.25. The van der Waals surface area contributed by atoms with Crippen molar-refractivity contribution in [1.29, 1.82) is 0 Å². The second-order valence-electron chi connectivity index (χ2n) is 6.48. The largest absolute Gasteiger partial charge is 0.379 e. The Labute approximate surface area is 137 Å². The lowest BCUT2D eigenvalue weighted by atomic mass is 9.90. The third-order valence-corrected chi connectivity index (χ3v) is 4.58. The van der Waals surface area contributed by atoms with E-state index in [1.807, 2.05) is 13.2 Å². The summed E-state index contributed by atoms with van der Waals surface area (Å²) in [4.78, 5) is 0. The number of rotatable bonds is 16. The highest BCUT2D eigenvalue weighted by molar-refractivity contribution is 4.97. The van der Waals surface area contributed by atoms with Crippen LogP contribution in [0.4, 0.5) is 0 Å². The summed E-state index contributed by atoms with van der Waals surface area (Å²) < 4.78 is 16.5. The average Bonchev–Trinajstić information content (AvgIpc) is 3.36. The van der Waals surface area contributed by atoms with Crippen LogP contribution in [-0.4, -0.2) is 38.6 Å². The van der Waals surface area contributed by atoms with Crippen LogP contribution >= 0.6 is 0 Å². The van der Waals surface area contributed by atoms with Crippen molar-refractivity contribution in [2.45, 2.75) is 82.8 Å². The average molecular weight is 312 g/mol. The lowest BCUT2D eigenvalue weighted by Gasteiger charge is -2.29. The van der Waals surface area contributed by atoms with Gasteiger partial charge in [0.15, 0.2) is 0 Å². The van der Waals surface area contributed by atoms with Gasteiger partial charge in [-0.2, -0.15) is 0 Å². The first kappa shape index (κ1) is 19.7. The first-order valence-corrected chi connectivity index (χ1v) is 9.14. The van der Waals surface area contributed by atoms with Crippen molar-refractivity contribution in [3.63, 3.8) is 0 Å². The molecule has 22 heavy (non-hydrogen) atoms. The number of epoxide rings is 1. The predicted octanol–water partition coefficient (Wildman–Crippen LogP) is 4.89. The van der Waals surface area contributed by atoms with Gasteiger partial charge in [-0.3, -0.25) is 0 Å². The molecule has 1 saturated heterocycles. The zero-order chi connectivity index (χ0) is 16.1. The van der Waals surface area contributed by atoms with Crippen molar-refractivity contribution in [2.75, 3.05) is 26.9 Å². The maximum Gasteiger partial charge on any atom is 0.104 e.